The second kappa shape index (κ2) is 9.20. The fourth-order valence-corrected chi connectivity index (χ4v) is 3.88. The van der Waals surface area contributed by atoms with Gasteiger partial charge in [-0.25, -0.2) is 0 Å². The molecule has 0 saturated heterocycles. The van der Waals surface area contributed by atoms with E-state index in [4.69, 9.17) is 0 Å². The Labute approximate surface area is 174 Å². The molecule has 1 N–H and O–H groups in total. The van der Waals surface area contributed by atoms with E-state index >= 15 is 0 Å². The minimum Gasteiger partial charge on any atom is -0.350 e. The van der Waals surface area contributed by atoms with Gasteiger partial charge in [0, 0.05) is 24.1 Å². The smallest absolute Gasteiger partial charge is 0.261 e. The number of rotatable bonds is 6. The van der Waals surface area contributed by atoms with Gasteiger partial charge in [-0.3, -0.25) is 9.59 Å². The lowest BCUT2D eigenvalue weighted by molar-refractivity contribution is 0.102. The standard InChI is InChI=1S/C22H26BrN3O2/c1-6-9-17-18(21(27)19(23)13(4)26(17)5)22(28)25-20-15(7-2)10-14(12-24)11-16(20)8-3/h10-11H,6-9H2,1-5H3,(H,25,28). The number of benzene rings is 1. The lowest BCUT2D eigenvalue weighted by Crippen LogP contribution is -2.29. The third kappa shape index (κ3) is 4.05. The Bertz CT molecular complexity index is 991. The number of hydrogen-bond donors (Lipinski definition) is 1. The number of hydrogen-bond acceptors (Lipinski definition) is 3. The minimum absolute atomic E-state index is 0.176. The maximum absolute atomic E-state index is 13.2. The SMILES string of the molecule is CCCc1c(C(=O)Nc2c(CC)cc(C#N)cc2CC)c(=O)c(Br)c(C)n1C. The van der Waals surface area contributed by atoms with Gasteiger partial charge in [0.2, 0.25) is 5.43 Å². The van der Waals surface area contributed by atoms with E-state index in [1.807, 2.05) is 39.3 Å². The highest BCUT2D eigenvalue weighted by atomic mass is 79.9. The monoisotopic (exact) mass is 443 g/mol. The molecular weight excluding hydrogens is 418 g/mol. The van der Waals surface area contributed by atoms with Crippen LogP contribution in [0, 0.1) is 18.3 Å². The summed E-state index contributed by atoms with van der Waals surface area (Å²) in [6.45, 7) is 7.84. The summed E-state index contributed by atoms with van der Waals surface area (Å²) in [4.78, 5) is 26.1. The van der Waals surface area contributed by atoms with Crippen molar-refractivity contribution in [2.75, 3.05) is 5.32 Å². The Morgan fingerprint density at radius 1 is 1.21 bits per heavy atom. The zero-order valence-corrected chi connectivity index (χ0v) is 18.7. The van der Waals surface area contributed by atoms with Crippen LogP contribution in [0.1, 0.15) is 65.6 Å². The van der Waals surface area contributed by atoms with Crippen LogP contribution in [-0.4, -0.2) is 10.5 Å². The first-order chi connectivity index (χ1) is 13.3. The van der Waals surface area contributed by atoms with Crippen molar-refractivity contribution in [3.8, 4) is 6.07 Å². The first kappa shape index (κ1) is 21.9. The number of carbonyl (C=O) groups excluding carboxylic acids is 1. The predicted molar refractivity (Wildman–Crippen MR) is 116 cm³/mol. The van der Waals surface area contributed by atoms with Gasteiger partial charge >= 0.3 is 0 Å². The van der Waals surface area contributed by atoms with E-state index in [0.717, 1.165) is 28.9 Å². The maximum atomic E-state index is 13.2. The van der Waals surface area contributed by atoms with Crippen LogP contribution in [0.25, 0.3) is 0 Å². The van der Waals surface area contributed by atoms with Crippen LogP contribution in [0.4, 0.5) is 5.69 Å². The van der Waals surface area contributed by atoms with Gasteiger partial charge in [-0.2, -0.15) is 5.26 Å². The number of nitrogens with zero attached hydrogens (tertiary/aromatic N) is 2. The number of aromatic nitrogens is 1. The van der Waals surface area contributed by atoms with Gasteiger partial charge in [-0.05, 0) is 65.4 Å². The van der Waals surface area contributed by atoms with Gasteiger partial charge in [-0.15, -0.1) is 0 Å². The molecule has 0 spiro atoms. The zero-order valence-electron chi connectivity index (χ0n) is 17.1. The lowest BCUT2D eigenvalue weighted by atomic mass is 9.98. The summed E-state index contributed by atoms with van der Waals surface area (Å²) in [7, 11) is 1.87. The number of nitriles is 1. The molecule has 0 unspecified atom stereocenters. The summed E-state index contributed by atoms with van der Waals surface area (Å²) in [5, 5.41) is 12.2. The fraction of sp³-hybridized carbons (Fsp3) is 0.409. The Balaban J connectivity index is 2.64. The van der Waals surface area contributed by atoms with Crippen LogP contribution < -0.4 is 10.7 Å². The maximum Gasteiger partial charge on any atom is 0.261 e. The van der Waals surface area contributed by atoms with Crippen LogP contribution in [0.2, 0.25) is 0 Å². The highest BCUT2D eigenvalue weighted by Crippen LogP contribution is 2.26. The van der Waals surface area contributed by atoms with Gasteiger partial charge in [0.1, 0.15) is 5.56 Å². The van der Waals surface area contributed by atoms with Crippen molar-refractivity contribution in [1.82, 2.24) is 4.57 Å². The van der Waals surface area contributed by atoms with E-state index in [9.17, 15) is 14.9 Å². The molecule has 0 aliphatic rings. The highest BCUT2D eigenvalue weighted by molar-refractivity contribution is 9.10. The second-order valence-corrected chi connectivity index (χ2v) is 7.59. The van der Waals surface area contributed by atoms with E-state index in [-0.39, 0.29) is 11.0 Å². The molecule has 2 aromatic rings. The van der Waals surface area contributed by atoms with E-state index in [1.54, 1.807) is 12.1 Å². The molecule has 1 aromatic carbocycles. The molecule has 0 fully saturated rings. The number of amides is 1. The Morgan fingerprint density at radius 3 is 2.25 bits per heavy atom. The molecule has 0 saturated carbocycles. The first-order valence-corrected chi connectivity index (χ1v) is 10.3. The van der Waals surface area contributed by atoms with E-state index < -0.39 is 5.91 Å². The number of halogens is 1. The number of nitrogens with one attached hydrogen (secondary N) is 1. The summed E-state index contributed by atoms with van der Waals surface area (Å²) in [6, 6.07) is 5.77. The molecule has 6 heteroatoms. The number of pyridine rings is 1. The number of aryl methyl sites for hydroxylation is 2. The largest absolute Gasteiger partial charge is 0.350 e. The quantitative estimate of drug-likeness (QED) is 0.705. The Hall–Kier alpha value is -2.39. The third-order valence-electron chi connectivity index (χ3n) is 5.09. The van der Waals surface area contributed by atoms with E-state index in [0.29, 0.717) is 35.0 Å². The van der Waals surface area contributed by atoms with Gasteiger partial charge in [-0.1, -0.05) is 27.2 Å². The molecular formula is C22H26BrN3O2. The van der Waals surface area contributed by atoms with Crippen molar-refractivity contribution in [1.29, 1.82) is 5.26 Å². The van der Waals surface area contributed by atoms with Crippen LogP contribution in [0.15, 0.2) is 21.4 Å². The summed E-state index contributed by atoms with van der Waals surface area (Å²) in [6.07, 6.45) is 2.81. The van der Waals surface area contributed by atoms with Crippen molar-refractivity contribution in [2.45, 2.75) is 53.4 Å². The summed E-state index contributed by atoms with van der Waals surface area (Å²) in [5.41, 5.74) is 4.48. The fourth-order valence-electron chi connectivity index (χ4n) is 3.41. The first-order valence-electron chi connectivity index (χ1n) is 9.55. The zero-order chi connectivity index (χ0) is 21.0. The molecule has 28 heavy (non-hydrogen) atoms. The molecule has 148 valence electrons. The van der Waals surface area contributed by atoms with E-state index in [1.165, 1.54) is 0 Å². The average Bonchev–Trinajstić information content (AvgIpc) is 2.70. The topological polar surface area (TPSA) is 74.9 Å². The van der Waals surface area contributed by atoms with Crippen LogP contribution >= 0.6 is 15.9 Å². The molecule has 1 heterocycles. The van der Waals surface area contributed by atoms with Gasteiger partial charge < -0.3 is 9.88 Å². The molecule has 2 rings (SSSR count). The summed E-state index contributed by atoms with van der Waals surface area (Å²) < 4.78 is 2.32. The molecule has 0 atom stereocenters. The van der Waals surface area contributed by atoms with Crippen LogP contribution in [0.5, 0.6) is 0 Å². The van der Waals surface area contributed by atoms with Gasteiger partial charge in [0.25, 0.3) is 5.91 Å². The lowest BCUT2D eigenvalue weighted by Gasteiger charge is -2.19. The van der Waals surface area contributed by atoms with Crippen molar-refractivity contribution in [3.63, 3.8) is 0 Å². The molecule has 0 bridgehead atoms. The summed E-state index contributed by atoms with van der Waals surface area (Å²) >= 11 is 3.35. The molecule has 0 aliphatic carbocycles. The van der Waals surface area contributed by atoms with Crippen molar-refractivity contribution in [3.05, 3.63) is 60.5 Å². The highest BCUT2D eigenvalue weighted by Gasteiger charge is 2.23. The number of carbonyl (C=O) groups is 1. The van der Waals surface area contributed by atoms with Crippen molar-refractivity contribution < 1.29 is 4.79 Å². The minimum atomic E-state index is -0.404. The Kier molecular flexibility index (Phi) is 7.20. The Morgan fingerprint density at radius 2 is 1.79 bits per heavy atom. The van der Waals surface area contributed by atoms with Gasteiger partial charge in [0.05, 0.1) is 16.1 Å². The molecule has 5 nitrogen and oxygen atoms in total. The second-order valence-electron chi connectivity index (χ2n) is 6.80. The molecule has 0 aliphatic heterocycles. The third-order valence-corrected chi connectivity index (χ3v) is 6.02. The van der Waals surface area contributed by atoms with Crippen molar-refractivity contribution >= 4 is 27.5 Å². The predicted octanol–water partition coefficient (Wildman–Crippen LogP) is 4.66. The van der Waals surface area contributed by atoms with E-state index in [2.05, 4.69) is 27.3 Å². The number of anilines is 1. The van der Waals surface area contributed by atoms with Crippen LogP contribution in [0.3, 0.4) is 0 Å². The average molecular weight is 444 g/mol. The summed E-state index contributed by atoms with van der Waals surface area (Å²) in [5.74, 6) is -0.404. The molecule has 1 amide bonds. The molecule has 0 radical (unpaired) electrons. The van der Waals surface area contributed by atoms with Crippen molar-refractivity contribution in [2.24, 2.45) is 7.05 Å². The molecule has 1 aromatic heterocycles. The van der Waals surface area contributed by atoms with Crippen LogP contribution in [-0.2, 0) is 26.3 Å². The van der Waals surface area contributed by atoms with Gasteiger partial charge in [0.15, 0.2) is 0 Å². The normalized spacial score (nSPS) is 10.6.